The summed E-state index contributed by atoms with van der Waals surface area (Å²) >= 11 is 1.70. The highest BCUT2D eigenvalue weighted by molar-refractivity contribution is 14.0. The van der Waals surface area contributed by atoms with E-state index in [-0.39, 0.29) is 30.6 Å². The lowest BCUT2D eigenvalue weighted by atomic mass is 9.94. The highest BCUT2D eigenvalue weighted by Crippen LogP contribution is 2.33. The van der Waals surface area contributed by atoms with E-state index < -0.39 is 0 Å². The molecule has 2 rings (SSSR count). The number of guanidine groups is 1. The molecular weight excluding hydrogens is 523 g/mol. The molecule has 9 heteroatoms. The zero-order chi connectivity index (χ0) is 21.8. The SMILES string of the molecule is CCNC(=NCC(CCO)CC(C)C)NCCCc1nnc(SC)n1C1CCCC1.I. The Labute approximate surface area is 210 Å². The number of hydrogen-bond donors (Lipinski definition) is 3. The van der Waals surface area contributed by atoms with Crippen molar-refractivity contribution >= 4 is 41.7 Å². The lowest BCUT2D eigenvalue weighted by Gasteiger charge is -2.18. The normalized spacial score (nSPS) is 15.9. The maximum atomic E-state index is 9.33. The molecule has 0 amide bonds. The van der Waals surface area contributed by atoms with Gasteiger partial charge in [0.2, 0.25) is 0 Å². The predicted molar refractivity (Wildman–Crippen MR) is 142 cm³/mol. The zero-order valence-corrected chi connectivity index (χ0v) is 22.9. The lowest BCUT2D eigenvalue weighted by molar-refractivity contribution is 0.245. The van der Waals surface area contributed by atoms with Crippen LogP contribution in [0.2, 0.25) is 0 Å². The molecule has 1 saturated carbocycles. The number of aliphatic imine (C=N–C) groups is 1. The summed E-state index contributed by atoms with van der Waals surface area (Å²) < 4.78 is 2.39. The van der Waals surface area contributed by atoms with Crippen molar-refractivity contribution in [2.24, 2.45) is 16.8 Å². The average molecular weight is 567 g/mol. The summed E-state index contributed by atoms with van der Waals surface area (Å²) in [5, 5.41) is 26.1. The second kappa shape index (κ2) is 16.1. The Bertz CT molecular complexity index is 634. The van der Waals surface area contributed by atoms with Crippen molar-refractivity contribution in [1.82, 2.24) is 25.4 Å². The fourth-order valence-electron chi connectivity index (χ4n) is 4.29. The Morgan fingerprint density at radius 3 is 2.61 bits per heavy atom. The van der Waals surface area contributed by atoms with Gasteiger partial charge < -0.3 is 20.3 Å². The molecule has 0 radical (unpaired) electrons. The summed E-state index contributed by atoms with van der Waals surface area (Å²) in [7, 11) is 0. The minimum Gasteiger partial charge on any atom is -0.396 e. The van der Waals surface area contributed by atoms with Crippen LogP contribution in [0.15, 0.2) is 10.1 Å². The Hall–Kier alpha value is -0.550. The van der Waals surface area contributed by atoms with Crippen LogP contribution in [-0.4, -0.2) is 58.3 Å². The second-order valence-electron chi connectivity index (χ2n) is 8.67. The molecule has 180 valence electrons. The van der Waals surface area contributed by atoms with E-state index in [0.29, 0.717) is 17.9 Å². The molecule has 1 heterocycles. The third-order valence-corrected chi connectivity index (χ3v) is 6.31. The van der Waals surface area contributed by atoms with Crippen molar-refractivity contribution < 1.29 is 5.11 Å². The summed E-state index contributed by atoms with van der Waals surface area (Å²) in [4.78, 5) is 4.77. The lowest BCUT2D eigenvalue weighted by Crippen LogP contribution is -2.38. The van der Waals surface area contributed by atoms with Crippen LogP contribution < -0.4 is 10.6 Å². The van der Waals surface area contributed by atoms with Gasteiger partial charge in [0.15, 0.2) is 11.1 Å². The van der Waals surface area contributed by atoms with Gasteiger partial charge in [-0.15, -0.1) is 34.2 Å². The van der Waals surface area contributed by atoms with Gasteiger partial charge in [0, 0.05) is 38.7 Å². The molecule has 0 bridgehead atoms. The smallest absolute Gasteiger partial charge is 0.191 e. The van der Waals surface area contributed by atoms with Gasteiger partial charge in [-0.2, -0.15) is 0 Å². The monoisotopic (exact) mass is 566 g/mol. The second-order valence-corrected chi connectivity index (χ2v) is 9.44. The molecule has 1 atom stereocenters. The van der Waals surface area contributed by atoms with Gasteiger partial charge in [0.05, 0.1) is 0 Å². The molecule has 31 heavy (non-hydrogen) atoms. The van der Waals surface area contributed by atoms with E-state index in [9.17, 15) is 5.11 Å². The first-order valence-corrected chi connectivity index (χ1v) is 12.9. The molecule has 1 fully saturated rings. The van der Waals surface area contributed by atoms with Gasteiger partial charge in [-0.1, -0.05) is 38.5 Å². The number of nitrogens with zero attached hydrogens (tertiary/aromatic N) is 4. The molecule has 0 aliphatic heterocycles. The summed E-state index contributed by atoms with van der Waals surface area (Å²) in [5.41, 5.74) is 0. The molecule has 1 aliphatic carbocycles. The van der Waals surface area contributed by atoms with Crippen LogP contribution in [0.1, 0.15) is 77.6 Å². The third-order valence-electron chi connectivity index (χ3n) is 5.67. The van der Waals surface area contributed by atoms with Crippen LogP contribution in [0.25, 0.3) is 0 Å². The summed E-state index contributed by atoms with van der Waals surface area (Å²) in [6.45, 7) is 9.22. The Balaban J connectivity index is 0.00000480. The first kappa shape index (κ1) is 28.5. The topological polar surface area (TPSA) is 87.4 Å². The van der Waals surface area contributed by atoms with Crippen molar-refractivity contribution in [3.05, 3.63) is 5.82 Å². The number of aromatic nitrogens is 3. The predicted octanol–water partition coefficient (Wildman–Crippen LogP) is 4.27. The van der Waals surface area contributed by atoms with Crippen LogP contribution >= 0.6 is 35.7 Å². The fraction of sp³-hybridized carbons (Fsp3) is 0.864. The van der Waals surface area contributed by atoms with Gasteiger partial charge in [0.25, 0.3) is 0 Å². The number of aliphatic hydroxyl groups excluding tert-OH is 1. The standard InChI is InChI=1S/C22H42N6OS.HI/c1-5-23-21(25-16-18(12-14-29)15-17(2)3)24-13-8-11-20-26-27-22(30-4)28(20)19-9-6-7-10-19;/h17-19,29H,5-16H2,1-4H3,(H2,23,24,25);1H. The largest absolute Gasteiger partial charge is 0.396 e. The van der Waals surface area contributed by atoms with Gasteiger partial charge >= 0.3 is 0 Å². The summed E-state index contributed by atoms with van der Waals surface area (Å²) in [6.07, 6.45) is 11.0. The van der Waals surface area contributed by atoms with E-state index in [4.69, 9.17) is 4.99 Å². The van der Waals surface area contributed by atoms with Crippen LogP contribution in [-0.2, 0) is 6.42 Å². The summed E-state index contributed by atoms with van der Waals surface area (Å²) in [5.74, 6) is 3.04. The van der Waals surface area contributed by atoms with Crippen LogP contribution in [0.3, 0.4) is 0 Å². The Morgan fingerprint density at radius 2 is 2.00 bits per heavy atom. The number of rotatable bonds is 13. The van der Waals surface area contributed by atoms with E-state index in [1.54, 1.807) is 11.8 Å². The zero-order valence-electron chi connectivity index (χ0n) is 19.8. The van der Waals surface area contributed by atoms with Gasteiger partial charge in [-0.05, 0) is 57.1 Å². The molecule has 1 aromatic heterocycles. The maximum Gasteiger partial charge on any atom is 0.191 e. The minimum atomic E-state index is 0. The van der Waals surface area contributed by atoms with Crippen molar-refractivity contribution in [3.8, 4) is 0 Å². The van der Waals surface area contributed by atoms with Gasteiger partial charge in [-0.25, -0.2) is 0 Å². The highest BCUT2D eigenvalue weighted by atomic mass is 127. The number of halogens is 1. The van der Waals surface area contributed by atoms with Gasteiger partial charge in [0.1, 0.15) is 5.82 Å². The average Bonchev–Trinajstić information content (AvgIpc) is 3.37. The van der Waals surface area contributed by atoms with E-state index in [1.807, 2.05) is 0 Å². The fourth-order valence-corrected chi connectivity index (χ4v) is 4.87. The van der Waals surface area contributed by atoms with Crippen molar-refractivity contribution in [1.29, 1.82) is 0 Å². The quantitative estimate of drug-likeness (QED) is 0.109. The maximum absolute atomic E-state index is 9.33. The molecule has 7 nitrogen and oxygen atoms in total. The number of aliphatic hydroxyl groups is 1. The van der Waals surface area contributed by atoms with E-state index in [1.165, 1.54) is 25.7 Å². The number of aryl methyl sites for hydroxylation is 1. The van der Waals surface area contributed by atoms with Crippen LogP contribution in [0.5, 0.6) is 0 Å². The van der Waals surface area contributed by atoms with Crippen molar-refractivity contribution in [2.45, 2.75) is 83.3 Å². The van der Waals surface area contributed by atoms with Crippen LogP contribution in [0.4, 0.5) is 0 Å². The van der Waals surface area contributed by atoms with Gasteiger partial charge in [-0.3, -0.25) is 4.99 Å². The first-order valence-electron chi connectivity index (χ1n) is 11.7. The Morgan fingerprint density at radius 1 is 1.26 bits per heavy atom. The van der Waals surface area contributed by atoms with E-state index in [0.717, 1.165) is 62.3 Å². The molecular formula is C22H43IN6OS. The molecule has 0 saturated heterocycles. The Kier molecular flexibility index (Phi) is 14.8. The highest BCUT2D eigenvalue weighted by Gasteiger charge is 2.23. The molecule has 0 spiro atoms. The first-order chi connectivity index (χ1) is 14.6. The van der Waals surface area contributed by atoms with Crippen molar-refractivity contribution in [2.75, 3.05) is 32.5 Å². The van der Waals surface area contributed by atoms with E-state index >= 15 is 0 Å². The van der Waals surface area contributed by atoms with Crippen molar-refractivity contribution in [3.63, 3.8) is 0 Å². The molecule has 1 unspecified atom stereocenters. The number of thioether (sulfide) groups is 1. The molecule has 1 aromatic rings. The number of nitrogens with one attached hydrogen (secondary N) is 2. The minimum absolute atomic E-state index is 0. The number of hydrogen-bond acceptors (Lipinski definition) is 5. The molecule has 3 N–H and O–H groups in total. The van der Waals surface area contributed by atoms with Crippen LogP contribution in [0, 0.1) is 11.8 Å². The third kappa shape index (κ3) is 9.86. The molecule has 0 aromatic carbocycles. The van der Waals surface area contributed by atoms with E-state index in [2.05, 4.69) is 52.4 Å². The summed E-state index contributed by atoms with van der Waals surface area (Å²) in [6, 6.07) is 0.578. The molecule has 1 aliphatic rings.